The van der Waals surface area contributed by atoms with E-state index in [-0.39, 0.29) is 11.8 Å². The predicted molar refractivity (Wildman–Crippen MR) is 161 cm³/mol. The van der Waals surface area contributed by atoms with Crippen LogP contribution in [0.2, 0.25) is 0 Å². The summed E-state index contributed by atoms with van der Waals surface area (Å²) in [5, 5.41) is 5.74. The van der Waals surface area contributed by atoms with Gasteiger partial charge in [0.25, 0.3) is 5.91 Å². The monoisotopic (exact) mass is 547 g/mol. The zero-order valence-corrected chi connectivity index (χ0v) is 23.0. The number of imidazole rings is 1. The van der Waals surface area contributed by atoms with Crippen molar-refractivity contribution in [3.63, 3.8) is 0 Å². The zero-order chi connectivity index (χ0) is 28.3. The van der Waals surface area contributed by atoms with E-state index in [1.807, 2.05) is 60.7 Å². The molecule has 0 aliphatic heterocycles. The van der Waals surface area contributed by atoms with E-state index in [9.17, 15) is 9.59 Å². The van der Waals surface area contributed by atoms with Crippen LogP contribution in [0, 0.1) is 0 Å². The Bertz CT molecular complexity index is 1700. The van der Waals surface area contributed by atoms with Crippen LogP contribution in [0.5, 0.6) is 0 Å². The van der Waals surface area contributed by atoms with Crippen molar-refractivity contribution in [3.05, 3.63) is 90.9 Å². The van der Waals surface area contributed by atoms with Crippen LogP contribution >= 0.6 is 0 Å². The largest absolute Gasteiger partial charge is 0.472 e. The number of rotatable bonds is 7. The molecule has 1 unspecified atom stereocenters. The first-order valence-corrected chi connectivity index (χ1v) is 14.1. The SMILES string of the molecule is CC(NC(=O)c1ccc2c(c1)nc(-c1ccoc1)n2C1CCCCC1)C(=O)Nc1cccc(-c2cccc(N)c2)c1. The molecule has 1 saturated carbocycles. The number of benzene rings is 3. The fourth-order valence-corrected chi connectivity index (χ4v) is 5.63. The number of amides is 2. The highest BCUT2D eigenvalue weighted by molar-refractivity contribution is 6.02. The van der Waals surface area contributed by atoms with Crippen LogP contribution < -0.4 is 16.4 Å². The van der Waals surface area contributed by atoms with Gasteiger partial charge >= 0.3 is 0 Å². The van der Waals surface area contributed by atoms with Crippen LogP contribution in [0.1, 0.15) is 55.4 Å². The molecule has 0 radical (unpaired) electrons. The summed E-state index contributed by atoms with van der Waals surface area (Å²) in [5.74, 6) is 0.208. The Morgan fingerprint density at radius 3 is 2.49 bits per heavy atom. The molecule has 3 aromatic carbocycles. The number of nitrogens with zero attached hydrogens (tertiary/aromatic N) is 2. The van der Waals surface area contributed by atoms with Crippen molar-refractivity contribution in [1.82, 2.24) is 14.9 Å². The van der Waals surface area contributed by atoms with Gasteiger partial charge in [-0.05, 0) is 79.4 Å². The zero-order valence-electron chi connectivity index (χ0n) is 23.0. The molecule has 1 atom stereocenters. The lowest BCUT2D eigenvalue weighted by Gasteiger charge is -2.25. The van der Waals surface area contributed by atoms with Gasteiger partial charge in [-0.25, -0.2) is 4.98 Å². The Kier molecular flexibility index (Phi) is 7.29. The molecule has 4 N–H and O–H groups in total. The number of carbonyl (C=O) groups is 2. The lowest BCUT2D eigenvalue weighted by Crippen LogP contribution is -2.41. The third kappa shape index (κ3) is 5.59. The smallest absolute Gasteiger partial charge is 0.251 e. The average molecular weight is 548 g/mol. The molecule has 41 heavy (non-hydrogen) atoms. The molecule has 0 bridgehead atoms. The molecule has 1 aliphatic rings. The van der Waals surface area contributed by atoms with Crippen molar-refractivity contribution in [2.75, 3.05) is 11.1 Å². The molecular formula is C33H33N5O3. The Hall–Kier alpha value is -4.85. The molecule has 2 heterocycles. The third-order valence-electron chi connectivity index (χ3n) is 7.76. The molecule has 1 aliphatic carbocycles. The second-order valence-corrected chi connectivity index (χ2v) is 10.7. The summed E-state index contributed by atoms with van der Waals surface area (Å²) < 4.78 is 7.65. The number of nitrogens with one attached hydrogen (secondary N) is 2. The van der Waals surface area contributed by atoms with Gasteiger partial charge in [-0.3, -0.25) is 9.59 Å². The van der Waals surface area contributed by atoms with Crippen molar-refractivity contribution >= 4 is 34.2 Å². The van der Waals surface area contributed by atoms with Crippen molar-refractivity contribution in [2.24, 2.45) is 0 Å². The highest BCUT2D eigenvalue weighted by Gasteiger charge is 2.24. The molecule has 8 nitrogen and oxygen atoms in total. The van der Waals surface area contributed by atoms with Crippen LogP contribution in [0.3, 0.4) is 0 Å². The predicted octanol–water partition coefficient (Wildman–Crippen LogP) is 6.81. The highest BCUT2D eigenvalue weighted by Crippen LogP contribution is 2.36. The molecule has 1 fully saturated rings. The topological polar surface area (TPSA) is 115 Å². The first-order valence-electron chi connectivity index (χ1n) is 14.1. The minimum absolute atomic E-state index is 0.312. The standard InChI is InChI=1S/C33H33N5O3/c1-21(32(39)36-27-10-6-8-23(18-27)22-7-5-9-26(34)17-22)35-33(40)24-13-14-30-29(19-24)37-31(25-15-16-41-20-25)38(30)28-11-3-2-4-12-28/h5-10,13-21,28H,2-4,11-12,34H2,1H3,(H,35,40)(H,36,39). The highest BCUT2D eigenvalue weighted by atomic mass is 16.3. The molecule has 0 saturated heterocycles. The molecule has 2 amide bonds. The number of carbonyl (C=O) groups excluding carboxylic acids is 2. The maximum absolute atomic E-state index is 13.2. The Labute approximate surface area is 238 Å². The summed E-state index contributed by atoms with van der Waals surface area (Å²) >= 11 is 0. The van der Waals surface area contributed by atoms with Crippen LogP contribution in [-0.4, -0.2) is 27.4 Å². The lowest BCUT2D eigenvalue weighted by molar-refractivity contribution is -0.117. The maximum Gasteiger partial charge on any atom is 0.251 e. The van der Waals surface area contributed by atoms with E-state index in [1.54, 1.807) is 31.6 Å². The van der Waals surface area contributed by atoms with Gasteiger partial charge in [-0.15, -0.1) is 0 Å². The number of hydrogen-bond donors (Lipinski definition) is 3. The third-order valence-corrected chi connectivity index (χ3v) is 7.76. The summed E-state index contributed by atoms with van der Waals surface area (Å²) in [6, 6.07) is 22.2. The molecule has 6 rings (SSSR count). The molecule has 5 aromatic rings. The van der Waals surface area contributed by atoms with Crippen LogP contribution in [0.4, 0.5) is 11.4 Å². The summed E-state index contributed by atoms with van der Waals surface area (Å²) in [7, 11) is 0. The summed E-state index contributed by atoms with van der Waals surface area (Å²) in [6.07, 6.45) is 9.22. The van der Waals surface area contributed by atoms with Gasteiger partial charge in [-0.2, -0.15) is 0 Å². The van der Waals surface area contributed by atoms with Crippen molar-refractivity contribution in [2.45, 2.75) is 51.1 Å². The number of fused-ring (bicyclic) bond motifs is 1. The molecule has 2 aromatic heterocycles. The van der Waals surface area contributed by atoms with E-state index in [1.165, 1.54) is 19.3 Å². The second-order valence-electron chi connectivity index (χ2n) is 10.7. The Morgan fingerprint density at radius 1 is 0.951 bits per heavy atom. The number of furan rings is 1. The van der Waals surface area contributed by atoms with Gasteiger partial charge in [0.1, 0.15) is 18.1 Å². The van der Waals surface area contributed by atoms with Gasteiger partial charge in [0.05, 0.1) is 22.9 Å². The first kappa shape index (κ1) is 26.4. The number of hydrogen-bond acceptors (Lipinski definition) is 5. The van der Waals surface area contributed by atoms with Gasteiger partial charge in [-0.1, -0.05) is 43.5 Å². The quantitative estimate of drug-likeness (QED) is 0.194. The lowest BCUT2D eigenvalue weighted by atomic mass is 9.95. The second kappa shape index (κ2) is 11.3. The number of aromatic nitrogens is 2. The number of anilines is 2. The van der Waals surface area contributed by atoms with E-state index in [4.69, 9.17) is 15.1 Å². The van der Waals surface area contributed by atoms with Gasteiger partial charge < -0.3 is 25.4 Å². The summed E-state index contributed by atoms with van der Waals surface area (Å²) in [5.41, 5.74) is 12.2. The fraction of sp³-hybridized carbons (Fsp3) is 0.242. The summed E-state index contributed by atoms with van der Waals surface area (Å²) in [6.45, 7) is 1.67. The minimum atomic E-state index is -0.754. The summed E-state index contributed by atoms with van der Waals surface area (Å²) in [4.78, 5) is 31.1. The van der Waals surface area contributed by atoms with Crippen LogP contribution in [0.25, 0.3) is 33.5 Å². The molecular weight excluding hydrogens is 514 g/mol. The van der Waals surface area contributed by atoms with Crippen molar-refractivity contribution < 1.29 is 14.0 Å². The number of nitrogens with two attached hydrogens (primary N) is 1. The first-order chi connectivity index (χ1) is 20.0. The fourth-order valence-electron chi connectivity index (χ4n) is 5.63. The van der Waals surface area contributed by atoms with Crippen LogP contribution in [-0.2, 0) is 4.79 Å². The number of nitrogen functional groups attached to an aromatic ring is 1. The Balaban J connectivity index is 1.18. The van der Waals surface area contributed by atoms with E-state index < -0.39 is 6.04 Å². The molecule has 8 heteroatoms. The van der Waals surface area contributed by atoms with E-state index >= 15 is 0 Å². The normalized spacial score (nSPS) is 14.6. The Morgan fingerprint density at radius 2 is 1.73 bits per heavy atom. The van der Waals surface area contributed by atoms with Gasteiger partial charge in [0, 0.05) is 23.0 Å². The van der Waals surface area contributed by atoms with E-state index in [2.05, 4.69) is 15.2 Å². The minimum Gasteiger partial charge on any atom is -0.472 e. The van der Waals surface area contributed by atoms with Crippen molar-refractivity contribution in [3.8, 4) is 22.5 Å². The molecule has 208 valence electrons. The molecule has 0 spiro atoms. The van der Waals surface area contributed by atoms with Gasteiger partial charge in [0.2, 0.25) is 5.91 Å². The maximum atomic E-state index is 13.2. The van der Waals surface area contributed by atoms with E-state index in [0.29, 0.717) is 23.0 Å². The van der Waals surface area contributed by atoms with Gasteiger partial charge in [0.15, 0.2) is 0 Å². The van der Waals surface area contributed by atoms with Crippen LogP contribution in [0.15, 0.2) is 89.7 Å². The average Bonchev–Trinajstić information content (AvgIpc) is 3.65. The van der Waals surface area contributed by atoms with Crippen molar-refractivity contribution in [1.29, 1.82) is 0 Å². The van der Waals surface area contributed by atoms with E-state index in [0.717, 1.165) is 46.4 Å².